The molecular weight excluding hydrogens is 401 g/mol. The minimum Gasteiger partial charge on any atom is -0.475 e. The Kier molecular flexibility index (Phi) is 5.77. The second-order valence-corrected chi connectivity index (χ2v) is 9.03. The molecule has 1 heterocycles. The molecule has 1 atom stereocenters. The zero-order valence-corrected chi connectivity index (χ0v) is 17.9. The third kappa shape index (κ3) is 4.38. The van der Waals surface area contributed by atoms with Crippen molar-refractivity contribution in [3.63, 3.8) is 0 Å². The van der Waals surface area contributed by atoms with Crippen LogP contribution < -0.4 is 15.1 Å². The zero-order valence-electron chi connectivity index (χ0n) is 17.0. The molecule has 4 heteroatoms. The van der Waals surface area contributed by atoms with Crippen molar-refractivity contribution >= 4 is 24.7 Å². The van der Waals surface area contributed by atoms with Gasteiger partial charge in [0.25, 0.3) is 0 Å². The molecule has 0 aliphatic carbocycles. The normalized spacial score (nSPS) is 15.4. The molecule has 1 aliphatic rings. The van der Waals surface area contributed by atoms with Crippen LogP contribution in [0.15, 0.2) is 120 Å². The van der Waals surface area contributed by atoms with Gasteiger partial charge >= 0.3 is 0 Å². The third-order valence-corrected chi connectivity index (χ3v) is 7.04. The van der Waals surface area contributed by atoms with Gasteiger partial charge in [0, 0.05) is 10.6 Å². The number of hydrogen-bond acceptors (Lipinski definition) is 3. The molecule has 0 unspecified atom stereocenters. The number of benzene rings is 4. The Hall–Kier alpha value is -3.42. The van der Waals surface area contributed by atoms with Crippen LogP contribution >= 0.6 is 8.15 Å². The summed E-state index contributed by atoms with van der Waals surface area (Å²) >= 11 is 0. The molecule has 4 aromatic carbocycles. The predicted molar refractivity (Wildman–Crippen MR) is 128 cm³/mol. The summed E-state index contributed by atoms with van der Waals surface area (Å²) in [6, 6.07) is 39.0. The molecule has 0 radical (unpaired) electrons. The van der Waals surface area contributed by atoms with Gasteiger partial charge in [0.1, 0.15) is 18.4 Å². The molecule has 0 fully saturated rings. The molecule has 0 spiro atoms. The summed E-state index contributed by atoms with van der Waals surface area (Å²) in [5.74, 6) is 1.43. The first-order valence-electron chi connectivity index (χ1n) is 10.3. The van der Waals surface area contributed by atoms with Crippen LogP contribution in [0.25, 0.3) is 0 Å². The second-order valence-electron chi connectivity index (χ2n) is 7.22. The monoisotopic (exact) mass is 423 g/mol. The lowest BCUT2D eigenvalue weighted by Gasteiger charge is -2.21. The van der Waals surface area contributed by atoms with Gasteiger partial charge in [-0.25, -0.2) is 4.99 Å². The summed E-state index contributed by atoms with van der Waals surface area (Å²) in [7, 11) is -1.02. The summed E-state index contributed by atoms with van der Waals surface area (Å²) in [6.45, 7) is 0.541. The van der Waals surface area contributed by atoms with Gasteiger partial charge in [0.05, 0.1) is 5.56 Å². The van der Waals surface area contributed by atoms with E-state index in [0.717, 1.165) is 27.5 Å². The molecule has 0 saturated heterocycles. The quantitative estimate of drug-likeness (QED) is 0.376. The van der Waals surface area contributed by atoms with E-state index in [2.05, 4.69) is 60.7 Å². The molecule has 5 rings (SSSR count). The zero-order chi connectivity index (χ0) is 20.9. The van der Waals surface area contributed by atoms with E-state index in [1.54, 1.807) is 0 Å². The number of ether oxygens (including phenoxy) is 1. The smallest absolute Gasteiger partial charge is 0.220 e. The Morgan fingerprint density at radius 2 is 1.23 bits per heavy atom. The molecule has 0 aromatic heterocycles. The molecule has 4 aromatic rings. The second kappa shape index (κ2) is 9.16. The Labute approximate surface area is 183 Å². The average Bonchev–Trinajstić information content (AvgIpc) is 3.35. The fourth-order valence-corrected chi connectivity index (χ4v) is 5.32. The average molecular weight is 423 g/mol. The molecular formula is C27H22NO2P. The maximum Gasteiger partial charge on any atom is 0.220 e. The van der Waals surface area contributed by atoms with E-state index in [1.165, 1.54) is 0 Å². The van der Waals surface area contributed by atoms with Crippen molar-refractivity contribution in [1.29, 1.82) is 0 Å². The fourth-order valence-electron chi connectivity index (χ4n) is 3.57. The van der Waals surface area contributed by atoms with Gasteiger partial charge in [-0.3, -0.25) is 0 Å². The van der Waals surface area contributed by atoms with Crippen molar-refractivity contribution in [2.24, 2.45) is 4.99 Å². The maximum atomic E-state index is 6.68. The number of para-hydroxylation sites is 1. The minimum absolute atomic E-state index is 0.00835. The predicted octanol–water partition coefficient (Wildman–Crippen LogP) is 5.63. The van der Waals surface area contributed by atoms with Crippen LogP contribution in [0.1, 0.15) is 17.2 Å². The van der Waals surface area contributed by atoms with Crippen LogP contribution in [-0.4, -0.2) is 12.5 Å². The van der Waals surface area contributed by atoms with E-state index in [0.29, 0.717) is 12.5 Å². The van der Waals surface area contributed by atoms with E-state index in [1.807, 2.05) is 54.6 Å². The summed E-state index contributed by atoms with van der Waals surface area (Å²) in [5.41, 5.74) is 2.05. The van der Waals surface area contributed by atoms with Crippen molar-refractivity contribution in [1.82, 2.24) is 0 Å². The van der Waals surface area contributed by atoms with E-state index in [-0.39, 0.29) is 6.04 Å². The van der Waals surface area contributed by atoms with Gasteiger partial charge in [-0.1, -0.05) is 103 Å². The number of hydrogen-bond donors (Lipinski definition) is 0. The van der Waals surface area contributed by atoms with Gasteiger partial charge in [-0.05, 0) is 17.7 Å². The molecule has 31 heavy (non-hydrogen) atoms. The van der Waals surface area contributed by atoms with Crippen molar-refractivity contribution in [2.45, 2.75) is 6.04 Å². The highest BCUT2D eigenvalue weighted by atomic mass is 31.1. The van der Waals surface area contributed by atoms with Crippen LogP contribution in [0.3, 0.4) is 0 Å². The summed E-state index contributed by atoms with van der Waals surface area (Å²) in [6.07, 6.45) is 0. The van der Waals surface area contributed by atoms with Crippen LogP contribution in [-0.2, 0) is 4.74 Å². The Balaban J connectivity index is 1.49. The van der Waals surface area contributed by atoms with E-state index in [4.69, 9.17) is 14.3 Å². The van der Waals surface area contributed by atoms with Crippen molar-refractivity contribution < 1.29 is 9.26 Å². The van der Waals surface area contributed by atoms with Gasteiger partial charge in [-0.2, -0.15) is 0 Å². The standard InChI is InChI=1S/C27H22NO2P/c1-4-12-21(13-5-1)25-20-29-27(28-25)24-18-10-11-19-26(24)30-31(22-14-6-2-7-15-22)23-16-8-3-9-17-23/h1-19,25H,20H2/t25-/m0/s1. The topological polar surface area (TPSA) is 30.8 Å². The van der Waals surface area contributed by atoms with Crippen molar-refractivity contribution in [3.8, 4) is 5.75 Å². The van der Waals surface area contributed by atoms with Crippen LogP contribution in [0.5, 0.6) is 5.75 Å². The maximum absolute atomic E-state index is 6.68. The Morgan fingerprint density at radius 1 is 0.677 bits per heavy atom. The summed E-state index contributed by atoms with van der Waals surface area (Å²) in [5, 5.41) is 2.32. The highest BCUT2D eigenvalue weighted by molar-refractivity contribution is 7.68. The first kappa shape index (κ1) is 19.5. The Bertz CT molecular complexity index is 1120. The van der Waals surface area contributed by atoms with Crippen LogP contribution in [0, 0.1) is 0 Å². The van der Waals surface area contributed by atoms with E-state index in [9.17, 15) is 0 Å². The van der Waals surface area contributed by atoms with Gasteiger partial charge in [0.2, 0.25) is 5.90 Å². The molecule has 0 N–H and O–H groups in total. The SMILES string of the molecule is c1ccc([C@@H]2COC(c3ccccc3OP(c3ccccc3)c3ccccc3)=N2)cc1. The van der Waals surface area contributed by atoms with E-state index < -0.39 is 8.15 Å². The Morgan fingerprint density at radius 3 is 1.87 bits per heavy atom. The third-order valence-electron chi connectivity index (χ3n) is 5.12. The van der Waals surface area contributed by atoms with Gasteiger partial charge in [0.15, 0.2) is 8.15 Å². The summed E-state index contributed by atoms with van der Waals surface area (Å²) in [4.78, 5) is 4.86. The van der Waals surface area contributed by atoms with Crippen molar-refractivity contribution in [2.75, 3.05) is 6.61 Å². The molecule has 3 nitrogen and oxygen atoms in total. The molecule has 1 aliphatic heterocycles. The molecule has 0 amide bonds. The fraction of sp³-hybridized carbons (Fsp3) is 0.0741. The first-order chi connectivity index (χ1) is 15.4. The highest BCUT2D eigenvalue weighted by Crippen LogP contribution is 2.39. The van der Waals surface area contributed by atoms with E-state index >= 15 is 0 Å². The van der Waals surface area contributed by atoms with Crippen LogP contribution in [0.2, 0.25) is 0 Å². The van der Waals surface area contributed by atoms with Crippen LogP contribution in [0.4, 0.5) is 0 Å². The number of nitrogens with zero attached hydrogens (tertiary/aromatic N) is 1. The lowest BCUT2D eigenvalue weighted by Crippen LogP contribution is -2.16. The summed E-state index contributed by atoms with van der Waals surface area (Å²) < 4.78 is 12.7. The highest BCUT2D eigenvalue weighted by Gasteiger charge is 2.25. The largest absolute Gasteiger partial charge is 0.475 e. The molecule has 0 bridgehead atoms. The first-order valence-corrected chi connectivity index (χ1v) is 11.6. The molecule has 152 valence electrons. The van der Waals surface area contributed by atoms with Crippen molar-refractivity contribution in [3.05, 3.63) is 126 Å². The molecule has 0 saturated carbocycles. The van der Waals surface area contributed by atoms with Gasteiger partial charge < -0.3 is 9.26 Å². The number of aliphatic imine (C=N–C) groups is 1. The lowest BCUT2D eigenvalue weighted by molar-refractivity contribution is 0.319. The minimum atomic E-state index is -1.02. The van der Waals surface area contributed by atoms with Gasteiger partial charge in [-0.15, -0.1) is 0 Å². The number of rotatable bonds is 6. The lowest BCUT2D eigenvalue weighted by atomic mass is 10.1.